The molecule has 0 spiro atoms. The summed E-state index contributed by atoms with van der Waals surface area (Å²) in [6, 6.07) is 10.5. The molecular formula is C15H24N2O. The van der Waals surface area contributed by atoms with E-state index in [4.69, 9.17) is 0 Å². The van der Waals surface area contributed by atoms with Crippen LogP contribution in [-0.4, -0.2) is 30.4 Å². The molecule has 100 valence electrons. The van der Waals surface area contributed by atoms with Crippen LogP contribution in [0, 0.1) is 0 Å². The molecule has 1 rings (SSSR count). The number of carbonyl (C=O) groups is 1. The van der Waals surface area contributed by atoms with Gasteiger partial charge in [0.2, 0.25) is 5.91 Å². The van der Waals surface area contributed by atoms with Crippen LogP contribution < -0.4 is 5.32 Å². The summed E-state index contributed by atoms with van der Waals surface area (Å²) < 4.78 is 0. The third-order valence-corrected chi connectivity index (χ3v) is 3.23. The van der Waals surface area contributed by atoms with Gasteiger partial charge in [0.1, 0.15) is 0 Å². The van der Waals surface area contributed by atoms with E-state index in [1.165, 1.54) is 5.56 Å². The lowest BCUT2D eigenvalue weighted by Crippen LogP contribution is -2.39. The molecule has 1 aromatic rings. The average molecular weight is 248 g/mol. The van der Waals surface area contributed by atoms with Crippen LogP contribution in [0.1, 0.15) is 38.8 Å². The van der Waals surface area contributed by atoms with E-state index in [0.29, 0.717) is 6.54 Å². The Hall–Kier alpha value is -1.35. The number of rotatable bonds is 7. The van der Waals surface area contributed by atoms with Gasteiger partial charge in [-0.3, -0.25) is 4.79 Å². The van der Waals surface area contributed by atoms with Crippen molar-refractivity contribution in [2.75, 3.05) is 19.6 Å². The van der Waals surface area contributed by atoms with Gasteiger partial charge in [-0.1, -0.05) is 37.3 Å². The fraction of sp³-hybridized carbons (Fsp3) is 0.533. The lowest BCUT2D eigenvalue weighted by molar-refractivity contribution is -0.130. The zero-order valence-corrected chi connectivity index (χ0v) is 11.6. The lowest BCUT2D eigenvalue weighted by Gasteiger charge is -2.22. The fourth-order valence-electron chi connectivity index (χ4n) is 2.08. The van der Waals surface area contributed by atoms with Crippen molar-refractivity contribution in [1.29, 1.82) is 0 Å². The Morgan fingerprint density at radius 2 is 1.78 bits per heavy atom. The highest BCUT2D eigenvalue weighted by molar-refractivity contribution is 5.78. The minimum Gasteiger partial charge on any atom is -0.342 e. The Bertz CT molecular complexity index is 347. The Morgan fingerprint density at radius 1 is 1.17 bits per heavy atom. The molecule has 0 aliphatic rings. The summed E-state index contributed by atoms with van der Waals surface area (Å²) in [4.78, 5) is 13.8. The first-order valence-corrected chi connectivity index (χ1v) is 6.78. The van der Waals surface area contributed by atoms with E-state index in [1.807, 2.05) is 36.9 Å². The minimum atomic E-state index is 0.175. The Kier molecular flexibility index (Phi) is 6.44. The number of nitrogens with zero attached hydrogens (tertiary/aromatic N) is 1. The van der Waals surface area contributed by atoms with Crippen molar-refractivity contribution in [2.45, 2.75) is 33.2 Å². The first-order valence-electron chi connectivity index (χ1n) is 6.78. The molecule has 0 fully saturated rings. The summed E-state index contributed by atoms with van der Waals surface area (Å²) in [7, 11) is 0. The van der Waals surface area contributed by atoms with E-state index in [2.05, 4.69) is 24.4 Å². The van der Waals surface area contributed by atoms with Gasteiger partial charge in [0.25, 0.3) is 0 Å². The largest absolute Gasteiger partial charge is 0.342 e. The first-order chi connectivity index (χ1) is 8.72. The van der Waals surface area contributed by atoms with Crippen LogP contribution in [0.2, 0.25) is 0 Å². The van der Waals surface area contributed by atoms with Gasteiger partial charge in [-0.2, -0.15) is 0 Å². The molecule has 0 radical (unpaired) electrons. The van der Waals surface area contributed by atoms with E-state index in [0.717, 1.165) is 19.5 Å². The third kappa shape index (κ3) is 4.15. The summed E-state index contributed by atoms with van der Waals surface area (Å²) >= 11 is 0. The summed E-state index contributed by atoms with van der Waals surface area (Å²) in [5.41, 5.74) is 1.24. The molecule has 0 saturated carbocycles. The number of carbonyl (C=O) groups excluding carboxylic acids is 1. The minimum absolute atomic E-state index is 0.175. The van der Waals surface area contributed by atoms with Crippen molar-refractivity contribution in [1.82, 2.24) is 10.2 Å². The molecule has 3 nitrogen and oxygen atoms in total. The van der Waals surface area contributed by atoms with Crippen molar-refractivity contribution in [2.24, 2.45) is 0 Å². The van der Waals surface area contributed by atoms with Crippen molar-refractivity contribution < 1.29 is 4.79 Å². The molecule has 1 aromatic carbocycles. The van der Waals surface area contributed by atoms with Crippen molar-refractivity contribution >= 4 is 5.91 Å². The highest BCUT2D eigenvalue weighted by Crippen LogP contribution is 2.15. The molecule has 0 bridgehead atoms. The lowest BCUT2D eigenvalue weighted by atomic mass is 10.0. The van der Waals surface area contributed by atoms with Gasteiger partial charge < -0.3 is 10.2 Å². The maximum Gasteiger partial charge on any atom is 0.236 e. The molecule has 0 aromatic heterocycles. The van der Waals surface area contributed by atoms with E-state index in [1.54, 1.807) is 0 Å². The van der Waals surface area contributed by atoms with Crippen LogP contribution in [0.4, 0.5) is 0 Å². The fourth-order valence-corrected chi connectivity index (χ4v) is 2.08. The van der Waals surface area contributed by atoms with Gasteiger partial charge in [-0.25, -0.2) is 0 Å². The summed E-state index contributed by atoms with van der Waals surface area (Å²) in [5.74, 6) is 0.175. The number of likely N-dealkylation sites (N-methyl/N-ethyl adjacent to an activating group) is 1. The zero-order chi connectivity index (χ0) is 13.4. The van der Waals surface area contributed by atoms with Gasteiger partial charge in [0.05, 0.1) is 6.54 Å². The predicted molar refractivity (Wildman–Crippen MR) is 75.4 cm³/mol. The topological polar surface area (TPSA) is 32.3 Å². The summed E-state index contributed by atoms with van der Waals surface area (Å²) in [5, 5.41) is 3.34. The van der Waals surface area contributed by atoms with E-state index in [9.17, 15) is 4.79 Å². The zero-order valence-electron chi connectivity index (χ0n) is 11.6. The van der Waals surface area contributed by atoms with E-state index >= 15 is 0 Å². The second-order valence-corrected chi connectivity index (χ2v) is 4.32. The molecule has 18 heavy (non-hydrogen) atoms. The number of nitrogens with one attached hydrogen (secondary N) is 1. The number of hydrogen-bond acceptors (Lipinski definition) is 2. The highest BCUT2D eigenvalue weighted by Gasteiger charge is 2.13. The van der Waals surface area contributed by atoms with Gasteiger partial charge in [-0.05, 0) is 25.8 Å². The molecule has 1 unspecified atom stereocenters. The number of hydrogen-bond donors (Lipinski definition) is 1. The van der Waals surface area contributed by atoms with Crippen LogP contribution in [0.25, 0.3) is 0 Å². The molecule has 1 N–H and O–H groups in total. The molecule has 3 heteroatoms. The monoisotopic (exact) mass is 248 g/mol. The molecule has 0 aliphatic heterocycles. The second kappa shape index (κ2) is 7.88. The third-order valence-electron chi connectivity index (χ3n) is 3.23. The van der Waals surface area contributed by atoms with E-state index in [-0.39, 0.29) is 11.9 Å². The predicted octanol–water partition coefficient (Wildman–Crippen LogP) is 2.60. The van der Waals surface area contributed by atoms with Gasteiger partial charge in [-0.15, -0.1) is 0 Å². The van der Waals surface area contributed by atoms with Gasteiger partial charge >= 0.3 is 0 Å². The molecular weight excluding hydrogens is 224 g/mol. The van der Waals surface area contributed by atoms with Crippen LogP contribution >= 0.6 is 0 Å². The van der Waals surface area contributed by atoms with Crippen LogP contribution in [0.15, 0.2) is 30.3 Å². The number of benzene rings is 1. The first kappa shape index (κ1) is 14.7. The highest BCUT2D eigenvalue weighted by atomic mass is 16.2. The second-order valence-electron chi connectivity index (χ2n) is 4.32. The molecule has 0 saturated heterocycles. The normalized spacial score (nSPS) is 12.2. The van der Waals surface area contributed by atoms with Gasteiger partial charge in [0, 0.05) is 19.1 Å². The molecule has 1 amide bonds. The Balaban J connectivity index is 2.53. The Morgan fingerprint density at radius 3 is 2.28 bits per heavy atom. The molecule has 1 atom stereocenters. The van der Waals surface area contributed by atoms with Crippen LogP contribution in [0.3, 0.4) is 0 Å². The molecule has 0 heterocycles. The Labute approximate surface area is 110 Å². The standard InChI is InChI=1S/C15H24N2O/c1-4-14(13-10-8-7-9-11-13)16-12-15(18)17(5-2)6-3/h7-11,14,16H,4-6,12H2,1-3H3. The van der Waals surface area contributed by atoms with Crippen molar-refractivity contribution in [3.8, 4) is 0 Å². The van der Waals surface area contributed by atoms with Gasteiger partial charge in [0.15, 0.2) is 0 Å². The van der Waals surface area contributed by atoms with Crippen molar-refractivity contribution in [3.63, 3.8) is 0 Å². The summed E-state index contributed by atoms with van der Waals surface area (Å²) in [6.07, 6.45) is 0.982. The average Bonchev–Trinajstić information content (AvgIpc) is 2.42. The van der Waals surface area contributed by atoms with Crippen molar-refractivity contribution in [3.05, 3.63) is 35.9 Å². The van der Waals surface area contributed by atoms with Crippen LogP contribution in [-0.2, 0) is 4.79 Å². The maximum absolute atomic E-state index is 11.9. The SMILES string of the molecule is CCC(NCC(=O)N(CC)CC)c1ccccc1. The number of amides is 1. The van der Waals surface area contributed by atoms with Crippen LogP contribution in [0.5, 0.6) is 0 Å². The van der Waals surface area contributed by atoms with E-state index < -0.39 is 0 Å². The summed E-state index contributed by atoms with van der Waals surface area (Å²) in [6.45, 7) is 8.12. The molecule has 0 aliphatic carbocycles. The quantitative estimate of drug-likeness (QED) is 0.804. The maximum atomic E-state index is 11.9. The smallest absolute Gasteiger partial charge is 0.236 e.